The largest absolute Gasteiger partial charge is 0.394 e. The first-order valence-corrected chi connectivity index (χ1v) is 6.51. The molecule has 0 radical (unpaired) electrons. The van der Waals surface area contributed by atoms with E-state index in [0.29, 0.717) is 6.42 Å². The van der Waals surface area contributed by atoms with Gasteiger partial charge < -0.3 is 20.4 Å². The highest BCUT2D eigenvalue weighted by Gasteiger charge is 2.28. The van der Waals surface area contributed by atoms with Gasteiger partial charge in [0, 0.05) is 5.69 Å². The quantitative estimate of drug-likeness (QED) is 0.659. The van der Waals surface area contributed by atoms with Crippen molar-refractivity contribution in [3.63, 3.8) is 0 Å². The van der Waals surface area contributed by atoms with Gasteiger partial charge in [-0.3, -0.25) is 4.79 Å². The lowest BCUT2D eigenvalue weighted by Crippen LogP contribution is -2.36. The first-order chi connectivity index (χ1) is 9.15. The van der Waals surface area contributed by atoms with Gasteiger partial charge in [-0.2, -0.15) is 0 Å². The molecule has 1 atom stereocenters. The second-order valence-corrected chi connectivity index (χ2v) is 4.83. The number of β-amino-alcohol motifs (C(OH)–C–C–N with tert-alkyl or cyclic N) is 1. The van der Waals surface area contributed by atoms with Crippen molar-refractivity contribution in [1.82, 2.24) is 5.32 Å². The van der Waals surface area contributed by atoms with E-state index in [-0.39, 0.29) is 19.1 Å². The van der Waals surface area contributed by atoms with Crippen LogP contribution in [0.15, 0.2) is 18.2 Å². The average molecular weight is 264 g/mol. The van der Waals surface area contributed by atoms with Gasteiger partial charge in [-0.05, 0) is 37.2 Å². The fourth-order valence-corrected chi connectivity index (χ4v) is 2.33. The van der Waals surface area contributed by atoms with Crippen LogP contribution in [0.5, 0.6) is 0 Å². The maximum atomic E-state index is 11.9. The summed E-state index contributed by atoms with van der Waals surface area (Å²) in [4.78, 5) is 13.5. The summed E-state index contributed by atoms with van der Waals surface area (Å²) in [6, 6.07) is 5.98. The van der Waals surface area contributed by atoms with E-state index in [4.69, 9.17) is 5.11 Å². The van der Waals surface area contributed by atoms with E-state index < -0.39 is 6.10 Å². The number of nitrogens with zero attached hydrogens (tertiary/aromatic N) is 1. The summed E-state index contributed by atoms with van der Waals surface area (Å²) in [6.07, 6.45) is 0.414. The van der Waals surface area contributed by atoms with E-state index in [1.54, 1.807) is 4.90 Å². The first kappa shape index (κ1) is 14.0. The lowest BCUT2D eigenvalue weighted by molar-refractivity contribution is -0.117. The minimum atomic E-state index is -0.890. The van der Waals surface area contributed by atoms with Crippen LogP contribution in [0.25, 0.3) is 0 Å². The molecule has 0 saturated heterocycles. The fraction of sp³-hybridized carbons (Fsp3) is 0.500. The zero-order valence-electron chi connectivity index (χ0n) is 11.1. The van der Waals surface area contributed by atoms with Crippen molar-refractivity contribution in [2.75, 3.05) is 31.6 Å². The van der Waals surface area contributed by atoms with Gasteiger partial charge in [-0.15, -0.1) is 0 Å². The van der Waals surface area contributed by atoms with E-state index in [1.165, 1.54) is 5.56 Å². The zero-order valence-corrected chi connectivity index (χ0v) is 11.1. The molecule has 5 nitrogen and oxygen atoms in total. The van der Waals surface area contributed by atoms with Crippen molar-refractivity contribution in [2.24, 2.45) is 0 Å². The Balaban J connectivity index is 2.15. The number of rotatable bonds is 6. The van der Waals surface area contributed by atoms with Gasteiger partial charge in [-0.1, -0.05) is 12.1 Å². The van der Waals surface area contributed by atoms with Crippen LogP contribution in [0.1, 0.15) is 11.1 Å². The molecule has 104 valence electrons. The van der Waals surface area contributed by atoms with Crippen molar-refractivity contribution < 1.29 is 15.0 Å². The normalized spacial score (nSPS) is 15.7. The molecular weight excluding hydrogens is 244 g/mol. The summed E-state index contributed by atoms with van der Waals surface area (Å²) in [5.74, 6) is -0.0201. The number of hydrogen-bond acceptors (Lipinski definition) is 4. The number of anilines is 1. The Morgan fingerprint density at radius 3 is 2.95 bits per heavy atom. The lowest BCUT2D eigenvalue weighted by atomic mass is 10.1. The Labute approximate surface area is 112 Å². The number of carbonyl (C=O) groups excluding carboxylic acids is 1. The molecule has 1 amide bonds. The lowest BCUT2D eigenvalue weighted by Gasteiger charge is -2.20. The van der Waals surface area contributed by atoms with Crippen molar-refractivity contribution in [1.29, 1.82) is 0 Å². The van der Waals surface area contributed by atoms with E-state index >= 15 is 0 Å². The highest BCUT2D eigenvalue weighted by Crippen LogP contribution is 2.29. The summed E-state index contributed by atoms with van der Waals surface area (Å²) in [7, 11) is 1.91. The van der Waals surface area contributed by atoms with E-state index in [2.05, 4.69) is 11.4 Å². The number of hydrogen-bond donors (Lipinski definition) is 3. The molecule has 5 heteroatoms. The van der Waals surface area contributed by atoms with Gasteiger partial charge in [0.15, 0.2) is 0 Å². The van der Waals surface area contributed by atoms with Crippen molar-refractivity contribution in [2.45, 2.75) is 18.9 Å². The molecule has 19 heavy (non-hydrogen) atoms. The number of carbonyl (C=O) groups is 1. The zero-order chi connectivity index (χ0) is 13.8. The number of amides is 1. The standard InChI is InChI=1S/C14H20N2O3/c1-15-5-4-10-2-3-13-11(6-10)7-14(19)16(13)8-12(18)9-17/h2-3,6,12,15,17-18H,4-5,7-9H2,1H3. The number of aliphatic hydroxyl groups excluding tert-OH is 2. The molecule has 2 rings (SSSR count). The first-order valence-electron chi connectivity index (χ1n) is 6.51. The number of nitrogens with one attached hydrogen (secondary N) is 1. The van der Waals surface area contributed by atoms with Crippen LogP contribution in [-0.2, 0) is 17.6 Å². The summed E-state index contributed by atoms with van der Waals surface area (Å²) in [6.45, 7) is 0.719. The maximum absolute atomic E-state index is 11.9. The molecule has 0 aromatic heterocycles. The Morgan fingerprint density at radius 2 is 2.26 bits per heavy atom. The molecule has 0 spiro atoms. The van der Waals surface area contributed by atoms with Crippen molar-refractivity contribution in [3.8, 4) is 0 Å². The topological polar surface area (TPSA) is 72.8 Å². The summed E-state index contributed by atoms with van der Waals surface area (Å²) in [5, 5.41) is 21.5. The highest BCUT2D eigenvalue weighted by atomic mass is 16.3. The third kappa shape index (κ3) is 3.12. The number of benzene rings is 1. The number of aliphatic hydroxyl groups is 2. The molecule has 1 aliphatic heterocycles. The highest BCUT2D eigenvalue weighted by molar-refractivity contribution is 6.01. The van der Waals surface area contributed by atoms with Crippen LogP contribution >= 0.6 is 0 Å². The molecule has 1 heterocycles. The minimum Gasteiger partial charge on any atom is -0.394 e. The monoisotopic (exact) mass is 264 g/mol. The molecule has 1 unspecified atom stereocenters. The molecule has 3 N–H and O–H groups in total. The molecule has 0 aliphatic carbocycles. The second kappa shape index (κ2) is 6.14. The smallest absolute Gasteiger partial charge is 0.231 e. The Hall–Kier alpha value is -1.43. The Kier molecular flexibility index (Phi) is 4.52. The summed E-state index contributed by atoms with van der Waals surface area (Å²) in [5.41, 5.74) is 3.06. The average Bonchev–Trinajstić information content (AvgIpc) is 2.72. The van der Waals surface area contributed by atoms with E-state index in [1.807, 2.05) is 19.2 Å². The SMILES string of the molecule is CNCCc1ccc2c(c1)CC(=O)N2CC(O)CO. The Morgan fingerprint density at radius 1 is 1.47 bits per heavy atom. The van der Waals surface area contributed by atoms with Gasteiger partial charge in [-0.25, -0.2) is 0 Å². The summed E-state index contributed by atoms with van der Waals surface area (Å²) < 4.78 is 0. The molecule has 1 aromatic carbocycles. The van der Waals surface area contributed by atoms with Gasteiger partial charge in [0.05, 0.1) is 25.7 Å². The molecule has 1 aromatic rings. The maximum Gasteiger partial charge on any atom is 0.231 e. The van der Waals surface area contributed by atoms with Crippen LogP contribution in [0, 0.1) is 0 Å². The molecule has 0 fully saturated rings. The predicted molar refractivity (Wildman–Crippen MR) is 73.2 cm³/mol. The molecular formula is C14H20N2O3. The van der Waals surface area contributed by atoms with Crippen LogP contribution in [0.4, 0.5) is 5.69 Å². The van der Waals surface area contributed by atoms with Gasteiger partial charge in [0.2, 0.25) is 5.91 Å². The number of likely N-dealkylation sites (N-methyl/N-ethyl adjacent to an activating group) is 1. The third-order valence-electron chi connectivity index (χ3n) is 3.35. The van der Waals surface area contributed by atoms with Crippen LogP contribution in [0.3, 0.4) is 0 Å². The minimum absolute atomic E-state index is 0.0201. The van der Waals surface area contributed by atoms with Gasteiger partial charge in [0.25, 0.3) is 0 Å². The van der Waals surface area contributed by atoms with E-state index in [0.717, 1.165) is 24.2 Å². The number of fused-ring (bicyclic) bond motifs is 1. The molecule has 0 bridgehead atoms. The van der Waals surface area contributed by atoms with Crippen LogP contribution < -0.4 is 10.2 Å². The fourth-order valence-electron chi connectivity index (χ4n) is 2.33. The van der Waals surface area contributed by atoms with Gasteiger partial charge >= 0.3 is 0 Å². The third-order valence-corrected chi connectivity index (χ3v) is 3.35. The van der Waals surface area contributed by atoms with E-state index in [9.17, 15) is 9.90 Å². The Bertz CT molecular complexity index is 462. The second-order valence-electron chi connectivity index (χ2n) is 4.83. The predicted octanol–water partition coefficient (Wildman–Crippen LogP) is -0.309. The molecule has 0 saturated carbocycles. The van der Waals surface area contributed by atoms with Crippen LogP contribution in [0.2, 0.25) is 0 Å². The molecule has 1 aliphatic rings. The van der Waals surface area contributed by atoms with Crippen molar-refractivity contribution >= 4 is 11.6 Å². The van der Waals surface area contributed by atoms with Crippen LogP contribution in [-0.4, -0.2) is 49.0 Å². The van der Waals surface area contributed by atoms with Crippen molar-refractivity contribution in [3.05, 3.63) is 29.3 Å². The van der Waals surface area contributed by atoms with Gasteiger partial charge in [0.1, 0.15) is 0 Å². The summed E-state index contributed by atoms with van der Waals surface area (Å²) >= 11 is 0.